The molecule has 0 N–H and O–H groups in total. The minimum Gasteiger partial charge on any atom is -0.456 e. The highest BCUT2D eigenvalue weighted by Gasteiger charge is 2.41. The van der Waals surface area contributed by atoms with E-state index in [0.717, 1.165) is 38.8 Å². The van der Waals surface area contributed by atoms with Gasteiger partial charge >= 0.3 is 0 Å². The molecule has 3 nitrogen and oxygen atoms in total. The number of aromatic nitrogens is 2. The molecule has 0 radical (unpaired) electrons. The standard InChI is InChI=1S/C54H36N2OSi/c1-3-17-39(18-4-1)58(40-19-5-2-6-20-40,41-32-30-37(31-33-41)55-49-26-11-7-22-43(49)44-23-8-12-27-50(44)55)42-21-15-16-38(34-42)56-51-28-13-9-24-45(51)47-35-48-46-25-10-14-29-53(46)57-54(48)36-52(47)56/h1-36H. The van der Waals surface area contributed by atoms with Crippen molar-refractivity contribution in [2.75, 3.05) is 0 Å². The number of hydrogen-bond acceptors (Lipinski definition) is 1. The summed E-state index contributed by atoms with van der Waals surface area (Å²) >= 11 is 0. The van der Waals surface area contributed by atoms with Gasteiger partial charge in [-0.25, -0.2) is 0 Å². The summed E-state index contributed by atoms with van der Waals surface area (Å²) in [6, 6.07) is 80.4. The molecule has 272 valence electrons. The van der Waals surface area contributed by atoms with Crippen LogP contribution in [0.3, 0.4) is 0 Å². The molecule has 3 aromatic heterocycles. The van der Waals surface area contributed by atoms with E-state index in [0.29, 0.717) is 0 Å². The van der Waals surface area contributed by atoms with Gasteiger partial charge in [-0.15, -0.1) is 0 Å². The lowest BCUT2D eigenvalue weighted by Gasteiger charge is -2.35. The number of nitrogens with zero attached hydrogens (tertiary/aromatic N) is 2. The zero-order valence-electron chi connectivity index (χ0n) is 31.6. The largest absolute Gasteiger partial charge is 0.456 e. The predicted octanol–water partition coefficient (Wildman–Crippen LogP) is 11.2. The van der Waals surface area contributed by atoms with Gasteiger partial charge < -0.3 is 13.6 Å². The predicted molar refractivity (Wildman–Crippen MR) is 246 cm³/mol. The lowest BCUT2D eigenvalue weighted by atomic mass is 10.1. The summed E-state index contributed by atoms with van der Waals surface area (Å²) in [6.07, 6.45) is 0. The number of para-hydroxylation sites is 4. The third kappa shape index (κ3) is 4.73. The van der Waals surface area contributed by atoms with E-state index in [1.54, 1.807) is 0 Å². The van der Waals surface area contributed by atoms with E-state index in [4.69, 9.17) is 4.42 Å². The molecular weight excluding hydrogens is 721 g/mol. The third-order valence-electron chi connectivity index (χ3n) is 12.3. The van der Waals surface area contributed by atoms with Gasteiger partial charge in [-0.1, -0.05) is 158 Å². The van der Waals surface area contributed by atoms with Crippen molar-refractivity contribution in [3.63, 3.8) is 0 Å². The Kier molecular flexibility index (Phi) is 7.25. The van der Waals surface area contributed by atoms with Crippen molar-refractivity contribution < 1.29 is 4.42 Å². The number of benzene rings is 9. The van der Waals surface area contributed by atoms with Crippen LogP contribution >= 0.6 is 0 Å². The molecule has 4 heteroatoms. The van der Waals surface area contributed by atoms with Crippen LogP contribution in [0.2, 0.25) is 0 Å². The Morgan fingerprint density at radius 1 is 0.276 bits per heavy atom. The number of rotatable bonds is 6. The van der Waals surface area contributed by atoms with Gasteiger partial charge in [0.25, 0.3) is 0 Å². The summed E-state index contributed by atoms with van der Waals surface area (Å²) in [5.74, 6) is 0. The van der Waals surface area contributed by atoms with Crippen molar-refractivity contribution in [3.05, 3.63) is 218 Å². The van der Waals surface area contributed by atoms with Crippen LogP contribution in [0.4, 0.5) is 0 Å². The van der Waals surface area contributed by atoms with Gasteiger partial charge in [-0.05, 0) is 75.3 Å². The molecule has 0 saturated heterocycles. The molecule has 0 aliphatic carbocycles. The summed E-state index contributed by atoms with van der Waals surface area (Å²) in [7, 11) is -2.90. The van der Waals surface area contributed by atoms with Crippen LogP contribution < -0.4 is 20.7 Å². The highest BCUT2D eigenvalue weighted by atomic mass is 28.3. The van der Waals surface area contributed by atoms with Gasteiger partial charge in [0.1, 0.15) is 11.2 Å². The van der Waals surface area contributed by atoms with Crippen LogP contribution in [-0.4, -0.2) is 17.2 Å². The maximum absolute atomic E-state index is 6.47. The van der Waals surface area contributed by atoms with E-state index < -0.39 is 8.07 Å². The monoisotopic (exact) mass is 756 g/mol. The van der Waals surface area contributed by atoms with Gasteiger partial charge in [0.15, 0.2) is 8.07 Å². The SMILES string of the molecule is c1ccc([Si](c2ccccc2)(c2ccc(-n3c4ccccc4c4ccccc43)cc2)c2cccc(-n3c4ccccc4c4cc5c(cc43)oc3ccccc35)c2)cc1. The first kappa shape index (κ1) is 32.8. The fraction of sp³-hybridized carbons (Fsp3) is 0. The molecule has 0 aliphatic heterocycles. The Hall–Kier alpha value is -7.40. The van der Waals surface area contributed by atoms with E-state index in [9.17, 15) is 0 Å². The quantitative estimate of drug-likeness (QED) is 0.122. The van der Waals surface area contributed by atoms with Crippen molar-refractivity contribution in [1.29, 1.82) is 0 Å². The summed E-state index contributed by atoms with van der Waals surface area (Å²) in [5.41, 5.74) is 8.82. The Labute approximate surface area is 336 Å². The minimum atomic E-state index is -2.90. The van der Waals surface area contributed by atoms with Crippen molar-refractivity contribution in [1.82, 2.24) is 9.13 Å². The highest BCUT2D eigenvalue weighted by Crippen LogP contribution is 2.38. The van der Waals surface area contributed by atoms with E-state index in [1.807, 2.05) is 6.07 Å². The second-order valence-corrected chi connectivity index (χ2v) is 19.1. The fourth-order valence-electron chi connectivity index (χ4n) is 9.78. The molecule has 0 aliphatic rings. The zero-order chi connectivity index (χ0) is 38.2. The molecule has 0 bridgehead atoms. The van der Waals surface area contributed by atoms with Crippen LogP contribution in [-0.2, 0) is 0 Å². The molecule has 12 aromatic rings. The van der Waals surface area contributed by atoms with Gasteiger partial charge in [0.2, 0.25) is 0 Å². The van der Waals surface area contributed by atoms with Gasteiger partial charge in [0, 0.05) is 49.8 Å². The minimum absolute atomic E-state index is 0.898. The van der Waals surface area contributed by atoms with Gasteiger partial charge in [0.05, 0.1) is 22.1 Å². The maximum Gasteiger partial charge on any atom is 0.179 e. The lowest BCUT2D eigenvalue weighted by molar-refractivity contribution is 0.669. The van der Waals surface area contributed by atoms with E-state index in [2.05, 4.69) is 221 Å². The average Bonchev–Trinajstić information content (AvgIpc) is 3.94. The first-order valence-electron chi connectivity index (χ1n) is 19.9. The molecule has 0 saturated carbocycles. The first-order chi connectivity index (χ1) is 28.8. The van der Waals surface area contributed by atoms with E-state index in [-0.39, 0.29) is 0 Å². The zero-order valence-corrected chi connectivity index (χ0v) is 32.6. The Bertz CT molecular complexity index is 3410. The van der Waals surface area contributed by atoms with Crippen LogP contribution in [0, 0.1) is 0 Å². The number of fused-ring (bicyclic) bond motifs is 9. The summed E-state index contributed by atoms with van der Waals surface area (Å²) < 4.78 is 11.3. The van der Waals surface area contributed by atoms with Crippen LogP contribution in [0.15, 0.2) is 223 Å². The molecule has 58 heavy (non-hydrogen) atoms. The topological polar surface area (TPSA) is 23.0 Å². The molecule has 12 rings (SSSR count). The second kappa shape index (κ2) is 12.8. The van der Waals surface area contributed by atoms with Crippen LogP contribution in [0.1, 0.15) is 0 Å². The average molecular weight is 757 g/mol. The molecule has 0 fully saturated rings. The van der Waals surface area contributed by atoms with Crippen molar-refractivity contribution in [3.8, 4) is 11.4 Å². The first-order valence-corrected chi connectivity index (χ1v) is 21.9. The molecule has 0 spiro atoms. The number of furan rings is 1. The van der Waals surface area contributed by atoms with Crippen molar-refractivity contribution in [2.45, 2.75) is 0 Å². The third-order valence-corrected chi connectivity index (χ3v) is 17.0. The van der Waals surface area contributed by atoms with Crippen LogP contribution in [0.25, 0.3) is 76.9 Å². The van der Waals surface area contributed by atoms with E-state index >= 15 is 0 Å². The number of hydrogen-bond donors (Lipinski definition) is 0. The normalized spacial score (nSPS) is 12.1. The van der Waals surface area contributed by atoms with Crippen LogP contribution in [0.5, 0.6) is 0 Å². The fourth-order valence-corrected chi connectivity index (χ4v) is 14.5. The highest BCUT2D eigenvalue weighted by molar-refractivity contribution is 7.19. The van der Waals surface area contributed by atoms with Crippen molar-refractivity contribution in [2.24, 2.45) is 0 Å². The second-order valence-electron chi connectivity index (χ2n) is 15.3. The molecule has 9 aromatic carbocycles. The van der Waals surface area contributed by atoms with Gasteiger partial charge in [-0.3, -0.25) is 0 Å². The maximum atomic E-state index is 6.47. The summed E-state index contributed by atoms with van der Waals surface area (Å²) in [5, 5.41) is 12.6. The van der Waals surface area contributed by atoms with Crippen molar-refractivity contribution >= 4 is 94.4 Å². The lowest BCUT2D eigenvalue weighted by Crippen LogP contribution is -2.74. The molecule has 0 unspecified atom stereocenters. The Morgan fingerprint density at radius 3 is 1.38 bits per heavy atom. The molecule has 0 amide bonds. The van der Waals surface area contributed by atoms with Gasteiger partial charge in [-0.2, -0.15) is 0 Å². The molecule has 3 heterocycles. The summed E-state index contributed by atoms with van der Waals surface area (Å²) in [4.78, 5) is 0. The molecule has 0 atom stereocenters. The summed E-state index contributed by atoms with van der Waals surface area (Å²) in [6.45, 7) is 0. The Balaban J connectivity index is 1.11. The van der Waals surface area contributed by atoms with E-state index in [1.165, 1.54) is 58.8 Å². The molecular formula is C54H36N2OSi. The smallest absolute Gasteiger partial charge is 0.179 e. The Morgan fingerprint density at radius 2 is 0.759 bits per heavy atom.